The van der Waals surface area contributed by atoms with Gasteiger partial charge in [-0.3, -0.25) is 0 Å². The molecule has 4 heteroatoms. The Bertz CT molecular complexity index is 365. The molecule has 1 aromatic rings. The number of rotatable bonds is 0. The van der Waals surface area contributed by atoms with E-state index in [9.17, 15) is 8.78 Å². The predicted octanol–water partition coefficient (Wildman–Crippen LogP) is 2.67. The van der Waals surface area contributed by atoms with Crippen molar-refractivity contribution in [1.29, 1.82) is 0 Å². The van der Waals surface area contributed by atoms with Crippen LogP contribution in [-0.4, -0.2) is 0 Å². The van der Waals surface area contributed by atoms with Gasteiger partial charge in [0.15, 0.2) is 11.6 Å². The zero-order valence-electron chi connectivity index (χ0n) is 6.78. The van der Waals surface area contributed by atoms with Gasteiger partial charge in [0, 0.05) is 10.5 Å². The molecule has 2 rings (SSSR count). The second kappa shape index (κ2) is 3.03. The number of fused-ring (bicyclic) bond motifs is 1. The van der Waals surface area contributed by atoms with Crippen LogP contribution in [0.25, 0.3) is 0 Å². The molecular weight excluding hydrogens is 240 g/mol. The van der Waals surface area contributed by atoms with Crippen LogP contribution in [0.3, 0.4) is 0 Å². The van der Waals surface area contributed by atoms with Gasteiger partial charge in [0.25, 0.3) is 0 Å². The summed E-state index contributed by atoms with van der Waals surface area (Å²) in [7, 11) is 0. The second-order valence-corrected chi connectivity index (χ2v) is 4.05. The number of hydrogen-bond donors (Lipinski definition) is 1. The Morgan fingerprint density at radius 3 is 2.85 bits per heavy atom. The molecule has 0 saturated heterocycles. The molecule has 13 heavy (non-hydrogen) atoms. The summed E-state index contributed by atoms with van der Waals surface area (Å²) in [5.74, 6) is -1.55. The van der Waals surface area contributed by atoms with Crippen molar-refractivity contribution < 1.29 is 8.78 Å². The maximum absolute atomic E-state index is 13.2. The van der Waals surface area contributed by atoms with Crippen molar-refractivity contribution in [1.82, 2.24) is 0 Å². The molecule has 0 bridgehead atoms. The molecule has 1 unspecified atom stereocenters. The molecule has 70 valence electrons. The fourth-order valence-corrected chi connectivity index (χ4v) is 2.48. The molecule has 0 saturated carbocycles. The van der Waals surface area contributed by atoms with Gasteiger partial charge >= 0.3 is 0 Å². The lowest BCUT2D eigenvalue weighted by molar-refractivity contribution is 0.499. The molecular formula is C9H8BrF2N. The average molecular weight is 248 g/mol. The minimum absolute atomic E-state index is 0.167. The Kier molecular flexibility index (Phi) is 2.12. The van der Waals surface area contributed by atoms with E-state index in [1.54, 1.807) is 0 Å². The molecule has 0 aromatic heterocycles. The van der Waals surface area contributed by atoms with E-state index in [1.165, 1.54) is 0 Å². The van der Waals surface area contributed by atoms with Gasteiger partial charge in [-0.1, -0.05) is 15.9 Å². The van der Waals surface area contributed by atoms with Gasteiger partial charge in [-0.25, -0.2) is 8.78 Å². The third-order valence-corrected chi connectivity index (χ3v) is 3.04. The van der Waals surface area contributed by atoms with Crippen molar-refractivity contribution in [2.75, 3.05) is 0 Å². The van der Waals surface area contributed by atoms with Crippen LogP contribution < -0.4 is 5.73 Å². The summed E-state index contributed by atoms with van der Waals surface area (Å²) in [6.07, 6.45) is 1.22. The van der Waals surface area contributed by atoms with Gasteiger partial charge in [0.1, 0.15) is 0 Å². The summed E-state index contributed by atoms with van der Waals surface area (Å²) < 4.78 is 26.7. The number of hydrogen-bond acceptors (Lipinski definition) is 1. The summed E-state index contributed by atoms with van der Waals surface area (Å²) in [5, 5.41) is 0. The summed E-state index contributed by atoms with van der Waals surface area (Å²) >= 11 is 3.19. The summed E-state index contributed by atoms with van der Waals surface area (Å²) in [6, 6.07) is 0.971. The fraction of sp³-hybridized carbons (Fsp3) is 0.333. The molecule has 1 aliphatic carbocycles. The monoisotopic (exact) mass is 247 g/mol. The number of halogens is 3. The van der Waals surface area contributed by atoms with Crippen LogP contribution in [0.15, 0.2) is 10.5 Å². The first-order valence-electron chi connectivity index (χ1n) is 4.03. The zero-order chi connectivity index (χ0) is 9.59. The van der Waals surface area contributed by atoms with Gasteiger partial charge in [0.2, 0.25) is 0 Å². The average Bonchev–Trinajstić information content (AvgIpc) is 2.44. The molecule has 0 heterocycles. The largest absolute Gasteiger partial charge is 0.324 e. The third kappa shape index (κ3) is 1.28. The predicted molar refractivity (Wildman–Crippen MR) is 49.3 cm³/mol. The van der Waals surface area contributed by atoms with Crippen LogP contribution in [0.2, 0.25) is 0 Å². The van der Waals surface area contributed by atoms with E-state index in [0.717, 1.165) is 11.6 Å². The standard InChI is InChI=1S/C9H8BrF2N/c10-5-3-6(11)9(12)4-1-2-7(13)8(4)5/h3,7H,1-2,13H2. The fourth-order valence-electron chi connectivity index (χ4n) is 1.75. The summed E-state index contributed by atoms with van der Waals surface area (Å²) in [5.41, 5.74) is 6.90. The van der Waals surface area contributed by atoms with Gasteiger partial charge in [-0.2, -0.15) is 0 Å². The van der Waals surface area contributed by atoms with Crippen LogP contribution >= 0.6 is 15.9 Å². The molecule has 1 aromatic carbocycles. The third-order valence-electron chi connectivity index (χ3n) is 2.39. The lowest BCUT2D eigenvalue weighted by Gasteiger charge is -2.08. The van der Waals surface area contributed by atoms with Crippen LogP contribution in [0, 0.1) is 11.6 Å². The van der Waals surface area contributed by atoms with E-state index in [4.69, 9.17) is 5.73 Å². The molecule has 0 amide bonds. The van der Waals surface area contributed by atoms with Gasteiger partial charge in [0.05, 0.1) is 0 Å². The van der Waals surface area contributed by atoms with E-state index in [-0.39, 0.29) is 6.04 Å². The highest BCUT2D eigenvalue weighted by molar-refractivity contribution is 9.10. The topological polar surface area (TPSA) is 26.0 Å². The van der Waals surface area contributed by atoms with Crippen molar-refractivity contribution in [3.63, 3.8) is 0 Å². The summed E-state index contributed by atoms with van der Waals surface area (Å²) in [4.78, 5) is 0. The Labute approximate surface area is 83.1 Å². The Hall–Kier alpha value is -0.480. The maximum Gasteiger partial charge on any atom is 0.162 e. The van der Waals surface area contributed by atoms with Crippen molar-refractivity contribution in [3.05, 3.63) is 33.3 Å². The van der Waals surface area contributed by atoms with E-state index in [0.29, 0.717) is 22.9 Å². The maximum atomic E-state index is 13.2. The van der Waals surface area contributed by atoms with Crippen molar-refractivity contribution in [3.8, 4) is 0 Å². The lowest BCUT2D eigenvalue weighted by Crippen LogP contribution is -2.07. The molecule has 0 fully saturated rings. The Balaban J connectivity index is 2.69. The molecule has 0 spiro atoms. The highest BCUT2D eigenvalue weighted by Gasteiger charge is 2.26. The molecule has 0 aliphatic heterocycles. The van der Waals surface area contributed by atoms with Crippen molar-refractivity contribution in [2.45, 2.75) is 18.9 Å². The van der Waals surface area contributed by atoms with E-state index in [2.05, 4.69) is 15.9 Å². The first-order valence-corrected chi connectivity index (χ1v) is 4.82. The summed E-state index contributed by atoms with van der Waals surface area (Å²) in [6.45, 7) is 0. The first-order chi connectivity index (χ1) is 6.11. The van der Waals surface area contributed by atoms with Crippen LogP contribution in [0.5, 0.6) is 0 Å². The second-order valence-electron chi connectivity index (χ2n) is 3.19. The van der Waals surface area contributed by atoms with E-state index in [1.807, 2.05) is 0 Å². The Morgan fingerprint density at radius 1 is 1.46 bits per heavy atom. The quantitative estimate of drug-likeness (QED) is 0.702. The van der Waals surface area contributed by atoms with Crippen LogP contribution in [0.4, 0.5) is 8.78 Å². The van der Waals surface area contributed by atoms with Gasteiger partial charge in [-0.15, -0.1) is 0 Å². The number of nitrogens with two attached hydrogens (primary N) is 1. The highest BCUT2D eigenvalue weighted by Crippen LogP contribution is 2.37. The van der Waals surface area contributed by atoms with E-state index < -0.39 is 11.6 Å². The molecule has 1 atom stereocenters. The highest BCUT2D eigenvalue weighted by atomic mass is 79.9. The lowest BCUT2D eigenvalue weighted by atomic mass is 10.1. The minimum Gasteiger partial charge on any atom is -0.324 e. The van der Waals surface area contributed by atoms with Crippen molar-refractivity contribution >= 4 is 15.9 Å². The zero-order valence-corrected chi connectivity index (χ0v) is 8.37. The first kappa shape index (κ1) is 9.09. The molecule has 0 radical (unpaired) electrons. The molecule has 1 aliphatic rings. The van der Waals surface area contributed by atoms with Crippen molar-refractivity contribution in [2.24, 2.45) is 5.73 Å². The van der Waals surface area contributed by atoms with Gasteiger partial charge < -0.3 is 5.73 Å². The number of benzene rings is 1. The minimum atomic E-state index is -0.806. The smallest absolute Gasteiger partial charge is 0.162 e. The SMILES string of the molecule is NC1CCc2c(F)c(F)cc(Br)c21. The van der Waals surface area contributed by atoms with Crippen LogP contribution in [-0.2, 0) is 6.42 Å². The Morgan fingerprint density at radius 2 is 2.15 bits per heavy atom. The molecule has 2 N–H and O–H groups in total. The van der Waals surface area contributed by atoms with Gasteiger partial charge in [-0.05, 0) is 30.0 Å². The van der Waals surface area contributed by atoms with E-state index >= 15 is 0 Å². The molecule has 1 nitrogen and oxygen atoms in total. The van der Waals surface area contributed by atoms with Crippen LogP contribution in [0.1, 0.15) is 23.6 Å². The normalized spacial score (nSPS) is 20.5.